The van der Waals surface area contributed by atoms with Gasteiger partial charge in [0, 0.05) is 5.92 Å². The second-order valence-corrected chi connectivity index (χ2v) is 7.64. The van der Waals surface area contributed by atoms with E-state index in [1.165, 1.54) is 12.1 Å². The molecule has 1 aliphatic rings. The molecule has 0 saturated carbocycles. The highest BCUT2D eigenvalue weighted by Gasteiger charge is 2.34. The molecular formula is C23H28FNO3. The van der Waals surface area contributed by atoms with Crippen molar-refractivity contribution in [3.63, 3.8) is 0 Å². The van der Waals surface area contributed by atoms with Crippen molar-refractivity contribution in [1.82, 2.24) is 0 Å². The molecule has 1 aliphatic heterocycles. The van der Waals surface area contributed by atoms with E-state index >= 15 is 0 Å². The molecule has 4 atom stereocenters. The molecule has 0 aromatic heterocycles. The maximum Gasteiger partial charge on any atom is 0.323 e. The lowest BCUT2D eigenvalue weighted by atomic mass is 9.87. The van der Waals surface area contributed by atoms with Crippen LogP contribution >= 0.6 is 0 Å². The normalized spacial score (nSPS) is 25.9. The summed E-state index contributed by atoms with van der Waals surface area (Å²) < 4.78 is 25.3. The van der Waals surface area contributed by atoms with Crippen LogP contribution in [0.3, 0.4) is 0 Å². The van der Waals surface area contributed by atoms with Crippen molar-refractivity contribution in [2.75, 3.05) is 0 Å². The van der Waals surface area contributed by atoms with E-state index < -0.39 is 6.04 Å². The molecule has 4 nitrogen and oxygen atoms in total. The molecule has 28 heavy (non-hydrogen) atoms. The fourth-order valence-corrected chi connectivity index (χ4v) is 3.66. The summed E-state index contributed by atoms with van der Waals surface area (Å²) in [7, 11) is 0. The first-order valence-electron chi connectivity index (χ1n) is 9.86. The Morgan fingerprint density at radius 3 is 2.46 bits per heavy atom. The number of nitrogens with two attached hydrogens (primary N) is 1. The minimum Gasteiger partial charge on any atom is -0.490 e. The number of aryl methyl sites for hydroxylation is 1. The van der Waals surface area contributed by atoms with Crippen molar-refractivity contribution >= 4 is 5.97 Å². The Hall–Kier alpha value is -2.40. The predicted molar refractivity (Wildman–Crippen MR) is 107 cm³/mol. The first-order valence-corrected chi connectivity index (χ1v) is 9.86. The molecule has 0 radical (unpaired) electrons. The summed E-state index contributed by atoms with van der Waals surface area (Å²) in [6, 6.07) is 13.8. The van der Waals surface area contributed by atoms with Crippen LogP contribution in [0.25, 0.3) is 0 Å². The summed E-state index contributed by atoms with van der Waals surface area (Å²) in [5.41, 5.74) is 8.10. The minimum atomic E-state index is -0.605. The molecule has 2 N–H and O–H groups in total. The number of ether oxygens (including phenoxy) is 2. The zero-order valence-corrected chi connectivity index (χ0v) is 16.4. The third-order valence-electron chi connectivity index (χ3n) is 5.38. The largest absolute Gasteiger partial charge is 0.490 e. The maximum atomic E-state index is 13.3. The first-order chi connectivity index (χ1) is 13.4. The van der Waals surface area contributed by atoms with Gasteiger partial charge in [0.2, 0.25) is 0 Å². The molecule has 2 aromatic rings. The Morgan fingerprint density at radius 2 is 1.79 bits per heavy atom. The van der Waals surface area contributed by atoms with E-state index in [1.807, 2.05) is 38.1 Å². The van der Waals surface area contributed by atoms with Gasteiger partial charge >= 0.3 is 5.97 Å². The van der Waals surface area contributed by atoms with Crippen molar-refractivity contribution in [3.05, 3.63) is 65.5 Å². The number of cyclic esters (lactones) is 1. The lowest BCUT2D eigenvalue weighted by Gasteiger charge is -2.31. The molecule has 150 valence electrons. The maximum absolute atomic E-state index is 13.3. The Balaban J connectivity index is 1.86. The molecule has 1 fully saturated rings. The van der Waals surface area contributed by atoms with E-state index in [1.54, 1.807) is 12.1 Å². The number of esters is 1. The molecule has 0 amide bonds. The number of benzene rings is 2. The van der Waals surface area contributed by atoms with Gasteiger partial charge in [-0.2, -0.15) is 0 Å². The minimum absolute atomic E-state index is 0.0685. The third-order valence-corrected chi connectivity index (χ3v) is 5.38. The smallest absolute Gasteiger partial charge is 0.323 e. The Kier molecular flexibility index (Phi) is 6.68. The van der Waals surface area contributed by atoms with Crippen LogP contribution in [0.4, 0.5) is 4.39 Å². The number of carbonyl (C=O) groups excluding carboxylic acids is 1. The first kappa shape index (κ1) is 20.3. The number of hydrogen-bond acceptors (Lipinski definition) is 4. The van der Waals surface area contributed by atoms with E-state index in [0.717, 1.165) is 29.7 Å². The van der Waals surface area contributed by atoms with E-state index in [4.69, 9.17) is 15.2 Å². The fraction of sp³-hybridized carbons (Fsp3) is 0.435. The van der Waals surface area contributed by atoms with Gasteiger partial charge in [0.25, 0.3) is 0 Å². The van der Waals surface area contributed by atoms with Crippen LogP contribution in [-0.4, -0.2) is 24.2 Å². The second-order valence-electron chi connectivity index (χ2n) is 7.64. The number of rotatable bonds is 4. The summed E-state index contributed by atoms with van der Waals surface area (Å²) in [6.45, 7) is 3.92. The summed E-state index contributed by atoms with van der Waals surface area (Å²) in [5.74, 6) is 0.0894. The van der Waals surface area contributed by atoms with Crippen molar-refractivity contribution in [2.24, 2.45) is 11.7 Å². The Bertz CT molecular complexity index is 775. The average Bonchev–Trinajstić information content (AvgIpc) is 2.71. The standard InChI is InChI=1S/C23H28FNO3/c1-15-6-12-19(13-7-15)28-22-5-3-4-21(25)23(26)27-16(2)20(22)14-17-8-10-18(24)11-9-17/h6-13,16,20-22H,3-5,14,25H2,1-2H3/t16-,20-,21-,22-/m0/s1. The average molecular weight is 385 g/mol. The van der Waals surface area contributed by atoms with Crippen LogP contribution in [0, 0.1) is 18.7 Å². The number of halogens is 1. The van der Waals surface area contributed by atoms with E-state index in [9.17, 15) is 9.18 Å². The monoisotopic (exact) mass is 385 g/mol. The van der Waals surface area contributed by atoms with Gasteiger partial charge < -0.3 is 15.2 Å². The van der Waals surface area contributed by atoms with E-state index in [2.05, 4.69) is 0 Å². The lowest BCUT2D eigenvalue weighted by molar-refractivity contribution is -0.153. The van der Waals surface area contributed by atoms with Gasteiger partial charge in [-0.1, -0.05) is 29.8 Å². The van der Waals surface area contributed by atoms with Gasteiger partial charge in [-0.3, -0.25) is 4.79 Å². The van der Waals surface area contributed by atoms with Crippen molar-refractivity contribution in [1.29, 1.82) is 0 Å². The molecule has 3 rings (SSSR count). The molecule has 0 unspecified atom stereocenters. The predicted octanol–water partition coefficient (Wildman–Crippen LogP) is 4.18. The summed E-state index contributed by atoms with van der Waals surface area (Å²) in [6.07, 6.45) is 2.25. The molecular weight excluding hydrogens is 357 g/mol. The zero-order chi connectivity index (χ0) is 20.1. The van der Waals surface area contributed by atoms with Crippen LogP contribution in [-0.2, 0) is 16.0 Å². The highest BCUT2D eigenvalue weighted by Crippen LogP contribution is 2.29. The Morgan fingerprint density at radius 1 is 1.11 bits per heavy atom. The molecule has 5 heteroatoms. The third kappa shape index (κ3) is 5.32. The van der Waals surface area contributed by atoms with Crippen LogP contribution in [0.1, 0.15) is 37.3 Å². The molecule has 1 saturated heterocycles. The SMILES string of the molecule is Cc1ccc(O[C@H]2CCC[C@H](N)C(=O)O[C@@H](C)[C@@H]2Cc2ccc(F)cc2)cc1. The lowest BCUT2D eigenvalue weighted by Crippen LogP contribution is -2.40. The fourth-order valence-electron chi connectivity index (χ4n) is 3.66. The van der Waals surface area contributed by atoms with E-state index in [0.29, 0.717) is 12.8 Å². The van der Waals surface area contributed by atoms with Gasteiger partial charge in [0.1, 0.15) is 29.8 Å². The van der Waals surface area contributed by atoms with Gasteiger partial charge in [-0.15, -0.1) is 0 Å². The molecule has 0 bridgehead atoms. The van der Waals surface area contributed by atoms with Gasteiger partial charge in [-0.05, 0) is 69.4 Å². The molecule has 2 aromatic carbocycles. The Labute approximate surface area is 165 Å². The summed E-state index contributed by atoms with van der Waals surface area (Å²) in [5, 5.41) is 0. The van der Waals surface area contributed by atoms with Gasteiger partial charge in [-0.25, -0.2) is 4.39 Å². The van der Waals surface area contributed by atoms with Crippen molar-refractivity contribution in [3.8, 4) is 5.75 Å². The molecule has 1 heterocycles. The highest BCUT2D eigenvalue weighted by molar-refractivity contribution is 5.75. The summed E-state index contributed by atoms with van der Waals surface area (Å²) >= 11 is 0. The van der Waals surface area contributed by atoms with Crippen molar-refractivity contribution in [2.45, 2.75) is 57.8 Å². The number of carbonyl (C=O) groups is 1. The van der Waals surface area contributed by atoms with Crippen LogP contribution in [0.2, 0.25) is 0 Å². The quantitative estimate of drug-likeness (QED) is 0.802. The van der Waals surface area contributed by atoms with Crippen LogP contribution < -0.4 is 10.5 Å². The molecule has 0 aliphatic carbocycles. The second kappa shape index (κ2) is 9.20. The zero-order valence-electron chi connectivity index (χ0n) is 16.4. The van der Waals surface area contributed by atoms with Crippen molar-refractivity contribution < 1.29 is 18.7 Å². The van der Waals surface area contributed by atoms with Gasteiger partial charge in [0.05, 0.1) is 0 Å². The molecule has 0 spiro atoms. The van der Waals surface area contributed by atoms with E-state index in [-0.39, 0.29) is 29.9 Å². The van der Waals surface area contributed by atoms with Crippen LogP contribution in [0.5, 0.6) is 5.75 Å². The topological polar surface area (TPSA) is 61.5 Å². The van der Waals surface area contributed by atoms with Crippen LogP contribution in [0.15, 0.2) is 48.5 Å². The highest BCUT2D eigenvalue weighted by atomic mass is 19.1. The summed E-state index contributed by atoms with van der Waals surface area (Å²) in [4.78, 5) is 12.2. The van der Waals surface area contributed by atoms with Gasteiger partial charge in [0.15, 0.2) is 0 Å². The number of hydrogen-bond donors (Lipinski definition) is 1.